The van der Waals surface area contributed by atoms with Crippen LogP contribution in [0, 0.1) is 13.8 Å². The van der Waals surface area contributed by atoms with Crippen molar-refractivity contribution in [3.8, 4) is 0 Å². The van der Waals surface area contributed by atoms with Crippen LogP contribution in [0.1, 0.15) is 70.8 Å². The lowest BCUT2D eigenvalue weighted by atomic mass is 9.95. The molecule has 0 radical (unpaired) electrons. The van der Waals surface area contributed by atoms with Gasteiger partial charge in [-0.25, -0.2) is 9.97 Å². The highest BCUT2D eigenvalue weighted by molar-refractivity contribution is 5.92. The maximum absolute atomic E-state index is 12.8. The first-order chi connectivity index (χ1) is 14.6. The number of amides is 1. The number of aryl methyl sites for hydroxylation is 1. The summed E-state index contributed by atoms with van der Waals surface area (Å²) in [5.74, 6) is 3.50. The van der Waals surface area contributed by atoms with Gasteiger partial charge < -0.3 is 19.1 Å². The van der Waals surface area contributed by atoms with Gasteiger partial charge in [0.2, 0.25) is 0 Å². The Bertz CT molecular complexity index is 925. The van der Waals surface area contributed by atoms with E-state index in [0.717, 1.165) is 80.6 Å². The Hall–Kier alpha value is -2.48. The maximum Gasteiger partial charge on any atom is 0.276 e. The standard InChI is InChI=1S/C22H29N5O3/c1-14-15(2)23-20(24-21(14)26-9-11-29-12-10-26)17-5-7-27(8-6-17)22(28)18-13-19(30-25-18)16-3-4-16/h13,16-17H,3-12H2,1-2H3. The van der Waals surface area contributed by atoms with Crippen LogP contribution in [0.15, 0.2) is 10.6 Å². The summed E-state index contributed by atoms with van der Waals surface area (Å²) in [5.41, 5.74) is 2.62. The fourth-order valence-electron chi connectivity index (χ4n) is 4.35. The third kappa shape index (κ3) is 3.80. The summed E-state index contributed by atoms with van der Waals surface area (Å²) in [6.45, 7) is 8.75. The molecule has 0 atom stereocenters. The second-order valence-corrected chi connectivity index (χ2v) is 8.67. The number of morpholine rings is 1. The number of carbonyl (C=O) groups is 1. The molecule has 2 aromatic rings. The molecule has 5 rings (SSSR count). The zero-order valence-corrected chi connectivity index (χ0v) is 17.8. The number of rotatable bonds is 4. The van der Waals surface area contributed by atoms with Gasteiger partial charge in [-0.05, 0) is 39.5 Å². The van der Waals surface area contributed by atoms with Crippen molar-refractivity contribution in [1.82, 2.24) is 20.0 Å². The number of carbonyl (C=O) groups excluding carboxylic acids is 1. The minimum atomic E-state index is -0.0286. The van der Waals surface area contributed by atoms with Gasteiger partial charge in [-0.2, -0.15) is 0 Å². The molecule has 8 nitrogen and oxygen atoms in total. The van der Waals surface area contributed by atoms with E-state index in [4.69, 9.17) is 19.2 Å². The molecule has 2 aromatic heterocycles. The molecule has 1 amide bonds. The molecule has 3 aliphatic rings. The Morgan fingerprint density at radius 3 is 2.43 bits per heavy atom. The first kappa shape index (κ1) is 19.5. The summed E-state index contributed by atoms with van der Waals surface area (Å²) < 4.78 is 10.8. The van der Waals surface area contributed by atoms with Crippen LogP contribution >= 0.6 is 0 Å². The van der Waals surface area contributed by atoms with Gasteiger partial charge in [0.05, 0.1) is 13.2 Å². The van der Waals surface area contributed by atoms with E-state index in [9.17, 15) is 4.79 Å². The van der Waals surface area contributed by atoms with Gasteiger partial charge in [-0.15, -0.1) is 0 Å². The van der Waals surface area contributed by atoms with Gasteiger partial charge in [0.15, 0.2) is 5.69 Å². The number of hydrogen-bond donors (Lipinski definition) is 0. The summed E-state index contributed by atoms with van der Waals surface area (Å²) >= 11 is 0. The summed E-state index contributed by atoms with van der Waals surface area (Å²) in [6.07, 6.45) is 4.00. The zero-order chi connectivity index (χ0) is 20.7. The fraction of sp³-hybridized carbons (Fsp3) is 0.636. The minimum absolute atomic E-state index is 0.0286. The van der Waals surface area contributed by atoms with Crippen molar-refractivity contribution in [1.29, 1.82) is 0 Å². The topological polar surface area (TPSA) is 84.6 Å². The van der Waals surface area contributed by atoms with Crippen molar-refractivity contribution in [3.63, 3.8) is 0 Å². The Morgan fingerprint density at radius 1 is 1.00 bits per heavy atom. The average molecular weight is 412 g/mol. The third-order valence-corrected chi connectivity index (χ3v) is 6.57. The Morgan fingerprint density at radius 2 is 1.73 bits per heavy atom. The van der Waals surface area contributed by atoms with Gasteiger partial charge in [0.1, 0.15) is 17.4 Å². The number of anilines is 1. The molecule has 0 spiro atoms. The Labute approximate surface area is 176 Å². The van der Waals surface area contributed by atoms with Gasteiger partial charge in [-0.1, -0.05) is 5.16 Å². The highest BCUT2D eigenvalue weighted by Gasteiger charge is 2.32. The zero-order valence-electron chi connectivity index (χ0n) is 17.8. The molecular weight excluding hydrogens is 382 g/mol. The first-order valence-corrected chi connectivity index (χ1v) is 11.0. The van der Waals surface area contributed by atoms with Crippen molar-refractivity contribution in [3.05, 3.63) is 34.6 Å². The van der Waals surface area contributed by atoms with Crippen molar-refractivity contribution >= 4 is 11.7 Å². The van der Waals surface area contributed by atoms with E-state index < -0.39 is 0 Å². The average Bonchev–Trinajstić information content (AvgIpc) is 3.52. The van der Waals surface area contributed by atoms with E-state index in [-0.39, 0.29) is 11.8 Å². The fourth-order valence-corrected chi connectivity index (χ4v) is 4.35. The molecule has 1 saturated carbocycles. The second kappa shape index (κ2) is 7.98. The lowest BCUT2D eigenvalue weighted by Crippen LogP contribution is -2.39. The number of likely N-dealkylation sites (tertiary alicyclic amines) is 1. The van der Waals surface area contributed by atoms with Crippen molar-refractivity contribution < 1.29 is 14.1 Å². The van der Waals surface area contributed by atoms with Crippen LogP contribution in [0.2, 0.25) is 0 Å². The smallest absolute Gasteiger partial charge is 0.276 e. The number of ether oxygens (including phenoxy) is 1. The summed E-state index contributed by atoms with van der Waals surface area (Å²) in [4.78, 5) is 26.8. The predicted molar refractivity (Wildman–Crippen MR) is 111 cm³/mol. The highest BCUT2D eigenvalue weighted by atomic mass is 16.5. The van der Waals surface area contributed by atoms with Crippen LogP contribution in [-0.2, 0) is 4.74 Å². The molecule has 2 aliphatic heterocycles. The third-order valence-electron chi connectivity index (χ3n) is 6.57. The molecule has 3 fully saturated rings. The van der Waals surface area contributed by atoms with Crippen LogP contribution in [0.5, 0.6) is 0 Å². The van der Waals surface area contributed by atoms with E-state index in [1.54, 1.807) is 0 Å². The molecule has 8 heteroatoms. The minimum Gasteiger partial charge on any atom is -0.378 e. The molecule has 1 aliphatic carbocycles. The molecule has 4 heterocycles. The van der Waals surface area contributed by atoms with Crippen molar-refractivity contribution in [2.45, 2.75) is 51.4 Å². The molecule has 2 saturated heterocycles. The predicted octanol–water partition coefficient (Wildman–Crippen LogP) is 2.82. The van der Waals surface area contributed by atoms with Crippen LogP contribution in [0.4, 0.5) is 5.82 Å². The number of hydrogen-bond acceptors (Lipinski definition) is 7. The molecule has 0 bridgehead atoms. The van der Waals surface area contributed by atoms with Crippen LogP contribution in [0.3, 0.4) is 0 Å². The quantitative estimate of drug-likeness (QED) is 0.765. The lowest BCUT2D eigenvalue weighted by molar-refractivity contribution is 0.0700. The molecular formula is C22H29N5O3. The molecule has 0 N–H and O–H groups in total. The number of piperidine rings is 1. The van der Waals surface area contributed by atoms with E-state index in [1.165, 1.54) is 0 Å². The van der Waals surface area contributed by atoms with Crippen molar-refractivity contribution in [2.75, 3.05) is 44.3 Å². The molecule has 160 valence electrons. The van der Waals surface area contributed by atoms with E-state index >= 15 is 0 Å². The van der Waals surface area contributed by atoms with Crippen LogP contribution < -0.4 is 4.90 Å². The molecule has 0 unspecified atom stereocenters. The summed E-state index contributed by atoms with van der Waals surface area (Å²) in [7, 11) is 0. The molecule has 30 heavy (non-hydrogen) atoms. The summed E-state index contributed by atoms with van der Waals surface area (Å²) in [5, 5.41) is 4.01. The SMILES string of the molecule is Cc1nc(C2CCN(C(=O)c3cc(C4CC4)on3)CC2)nc(N2CCOCC2)c1C. The Kier molecular flexibility index (Phi) is 5.18. The number of aromatic nitrogens is 3. The van der Waals surface area contributed by atoms with Crippen LogP contribution in [-0.4, -0.2) is 65.3 Å². The monoisotopic (exact) mass is 411 g/mol. The van der Waals surface area contributed by atoms with E-state index in [2.05, 4.69) is 23.9 Å². The van der Waals surface area contributed by atoms with Gasteiger partial charge in [0, 0.05) is 55.3 Å². The highest BCUT2D eigenvalue weighted by Crippen LogP contribution is 2.40. The van der Waals surface area contributed by atoms with Gasteiger partial charge in [-0.3, -0.25) is 4.79 Å². The Balaban J connectivity index is 1.26. The first-order valence-electron chi connectivity index (χ1n) is 11.0. The van der Waals surface area contributed by atoms with Crippen LogP contribution in [0.25, 0.3) is 0 Å². The second-order valence-electron chi connectivity index (χ2n) is 8.67. The maximum atomic E-state index is 12.8. The van der Waals surface area contributed by atoms with Gasteiger partial charge >= 0.3 is 0 Å². The van der Waals surface area contributed by atoms with E-state index in [1.807, 2.05) is 11.0 Å². The largest absolute Gasteiger partial charge is 0.378 e. The molecule has 0 aromatic carbocycles. The normalized spacial score (nSPS) is 20.6. The van der Waals surface area contributed by atoms with E-state index in [0.29, 0.717) is 24.7 Å². The van der Waals surface area contributed by atoms with Gasteiger partial charge in [0.25, 0.3) is 5.91 Å². The van der Waals surface area contributed by atoms with Crippen molar-refractivity contribution in [2.24, 2.45) is 0 Å². The number of nitrogens with zero attached hydrogens (tertiary/aromatic N) is 5. The lowest BCUT2D eigenvalue weighted by Gasteiger charge is -2.33. The summed E-state index contributed by atoms with van der Waals surface area (Å²) in [6, 6.07) is 1.83.